The van der Waals surface area contributed by atoms with Crippen LogP contribution in [0.2, 0.25) is 0 Å². The first-order chi connectivity index (χ1) is 8.76. The van der Waals surface area contributed by atoms with Gasteiger partial charge in [-0.25, -0.2) is 0 Å². The number of hydrogen-bond donors (Lipinski definition) is 1. The molecular weight excluding hydrogens is 218 g/mol. The SMILES string of the molecule is C=C(CC)CC(NC)c1cccc2ccccc12. The van der Waals surface area contributed by atoms with Gasteiger partial charge in [0.15, 0.2) is 0 Å². The van der Waals surface area contributed by atoms with Crippen molar-refractivity contribution in [2.45, 2.75) is 25.8 Å². The van der Waals surface area contributed by atoms with Crippen molar-refractivity contribution in [3.05, 3.63) is 60.2 Å². The van der Waals surface area contributed by atoms with Crippen molar-refractivity contribution in [1.82, 2.24) is 5.32 Å². The lowest BCUT2D eigenvalue weighted by Gasteiger charge is -2.19. The van der Waals surface area contributed by atoms with E-state index in [9.17, 15) is 0 Å². The van der Waals surface area contributed by atoms with Crippen LogP contribution < -0.4 is 5.32 Å². The molecule has 18 heavy (non-hydrogen) atoms. The largest absolute Gasteiger partial charge is 0.313 e. The van der Waals surface area contributed by atoms with Crippen molar-refractivity contribution in [2.75, 3.05) is 7.05 Å². The van der Waals surface area contributed by atoms with Crippen LogP contribution in [-0.4, -0.2) is 7.05 Å². The van der Waals surface area contributed by atoms with Gasteiger partial charge in [-0.2, -0.15) is 0 Å². The summed E-state index contributed by atoms with van der Waals surface area (Å²) in [6.45, 7) is 6.29. The Morgan fingerprint density at radius 2 is 1.89 bits per heavy atom. The van der Waals surface area contributed by atoms with Crippen molar-refractivity contribution in [1.29, 1.82) is 0 Å². The van der Waals surface area contributed by atoms with Gasteiger partial charge in [-0.05, 0) is 36.2 Å². The van der Waals surface area contributed by atoms with Gasteiger partial charge in [0.2, 0.25) is 0 Å². The molecule has 0 saturated carbocycles. The van der Waals surface area contributed by atoms with Crippen molar-refractivity contribution >= 4 is 10.8 Å². The highest BCUT2D eigenvalue weighted by molar-refractivity contribution is 5.86. The van der Waals surface area contributed by atoms with Gasteiger partial charge >= 0.3 is 0 Å². The molecule has 2 aromatic rings. The fourth-order valence-corrected chi connectivity index (χ4v) is 2.35. The van der Waals surface area contributed by atoms with Crippen molar-refractivity contribution in [3.63, 3.8) is 0 Å². The molecule has 2 aromatic carbocycles. The molecule has 0 aliphatic carbocycles. The average Bonchev–Trinajstić information content (AvgIpc) is 2.44. The molecule has 0 amide bonds. The minimum Gasteiger partial charge on any atom is -0.313 e. The van der Waals surface area contributed by atoms with Gasteiger partial charge in [-0.1, -0.05) is 61.5 Å². The fraction of sp³-hybridized carbons (Fsp3) is 0.294. The van der Waals surface area contributed by atoms with Crippen LogP contribution >= 0.6 is 0 Å². The molecule has 2 rings (SSSR count). The van der Waals surface area contributed by atoms with E-state index in [1.165, 1.54) is 21.9 Å². The zero-order valence-electron chi connectivity index (χ0n) is 11.2. The Morgan fingerprint density at radius 1 is 1.17 bits per heavy atom. The maximum absolute atomic E-state index is 4.13. The van der Waals surface area contributed by atoms with Crippen LogP contribution in [0.4, 0.5) is 0 Å². The summed E-state index contributed by atoms with van der Waals surface area (Å²) in [5.74, 6) is 0. The normalized spacial score (nSPS) is 12.6. The molecule has 0 heterocycles. The third kappa shape index (κ3) is 2.62. The molecule has 1 N–H and O–H groups in total. The minimum atomic E-state index is 0.351. The third-order valence-corrected chi connectivity index (χ3v) is 3.54. The van der Waals surface area contributed by atoms with Gasteiger partial charge in [0.05, 0.1) is 0 Å². The molecule has 0 radical (unpaired) electrons. The Bertz CT molecular complexity index is 537. The van der Waals surface area contributed by atoms with Gasteiger partial charge in [0.1, 0.15) is 0 Å². The second-order valence-electron chi connectivity index (χ2n) is 4.72. The van der Waals surface area contributed by atoms with Gasteiger partial charge in [0, 0.05) is 6.04 Å². The molecule has 0 aliphatic heterocycles. The van der Waals surface area contributed by atoms with Crippen LogP contribution in [0, 0.1) is 0 Å². The van der Waals surface area contributed by atoms with E-state index >= 15 is 0 Å². The van der Waals surface area contributed by atoms with Gasteiger partial charge in [-0.15, -0.1) is 0 Å². The molecule has 0 aromatic heterocycles. The quantitative estimate of drug-likeness (QED) is 0.760. The molecule has 94 valence electrons. The van der Waals surface area contributed by atoms with Gasteiger partial charge in [-0.3, -0.25) is 0 Å². The van der Waals surface area contributed by atoms with E-state index in [1.807, 2.05) is 7.05 Å². The predicted octanol–water partition coefficient (Wildman–Crippen LogP) is 4.46. The summed E-state index contributed by atoms with van der Waals surface area (Å²) in [7, 11) is 2.02. The topological polar surface area (TPSA) is 12.0 Å². The van der Waals surface area contributed by atoms with Crippen LogP contribution in [0.3, 0.4) is 0 Å². The smallest absolute Gasteiger partial charge is 0.0361 e. The summed E-state index contributed by atoms with van der Waals surface area (Å²) in [6, 6.07) is 15.4. The Hall–Kier alpha value is -1.60. The van der Waals surface area contributed by atoms with Crippen molar-refractivity contribution in [3.8, 4) is 0 Å². The molecule has 1 atom stereocenters. The summed E-state index contributed by atoms with van der Waals surface area (Å²) in [5, 5.41) is 6.05. The molecule has 1 nitrogen and oxygen atoms in total. The predicted molar refractivity (Wildman–Crippen MR) is 79.8 cm³/mol. The highest BCUT2D eigenvalue weighted by atomic mass is 14.9. The third-order valence-electron chi connectivity index (χ3n) is 3.54. The number of benzene rings is 2. The zero-order chi connectivity index (χ0) is 13.0. The van der Waals surface area contributed by atoms with E-state index in [-0.39, 0.29) is 0 Å². The average molecular weight is 239 g/mol. The lowest BCUT2D eigenvalue weighted by Crippen LogP contribution is -2.17. The fourth-order valence-electron chi connectivity index (χ4n) is 2.35. The molecule has 0 saturated heterocycles. The molecule has 1 heteroatoms. The van der Waals surface area contributed by atoms with E-state index < -0.39 is 0 Å². The summed E-state index contributed by atoms with van der Waals surface area (Å²) >= 11 is 0. The number of rotatable bonds is 5. The first kappa shape index (κ1) is 12.8. The van der Waals surface area contributed by atoms with Crippen LogP contribution in [0.1, 0.15) is 31.4 Å². The monoisotopic (exact) mass is 239 g/mol. The number of nitrogens with one attached hydrogen (secondary N) is 1. The summed E-state index contributed by atoms with van der Waals surface area (Å²) in [4.78, 5) is 0. The van der Waals surface area contributed by atoms with Crippen LogP contribution in [-0.2, 0) is 0 Å². The highest BCUT2D eigenvalue weighted by Crippen LogP contribution is 2.28. The molecule has 1 unspecified atom stereocenters. The number of fused-ring (bicyclic) bond motifs is 1. The van der Waals surface area contributed by atoms with E-state index in [2.05, 4.69) is 61.3 Å². The van der Waals surface area contributed by atoms with Crippen molar-refractivity contribution in [2.24, 2.45) is 0 Å². The first-order valence-corrected chi connectivity index (χ1v) is 6.57. The summed E-state index contributed by atoms with van der Waals surface area (Å²) in [5.41, 5.74) is 2.66. The lowest BCUT2D eigenvalue weighted by molar-refractivity contribution is 0.586. The van der Waals surface area contributed by atoms with Gasteiger partial charge < -0.3 is 5.32 Å². The molecular formula is C17H21N. The van der Waals surface area contributed by atoms with E-state index in [1.54, 1.807) is 0 Å². The highest BCUT2D eigenvalue weighted by Gasteiger charge is 2.12. The maximum atomic E-state index is 4.13. The minimum absolute atomic E-state index is 0.351. The first-order valence-electron chi connectivity index (χ1n) is 6.57. The van der Waals surface area contributed by atoms with E-state index in [0.29, 0.717) is 6.04 Å². The Labute approximate surface area is 110 Å². The summed E-state index contributed by atoms with van der Waals surface area (Å²) < 4.78 is 0. The zero-order valence-corrected chi connectivity index (χ0v) is 11.2. The second kappa shape index (κ2) is 5.83. The van der Waals surface area contributed by atoms with E-state index in [0.717, 1.165) is 12.8 Å². The van der Waals surface area contributed by atoms with Crippen molar-refractivity contribution < 1.29 is 0 Å². The number of hydrogen-bond acceptors (Lipinski definition) is 1. The molecule has 0 spiro atoms. The van der Waals surface area contributed by atoms with E-state index in [4.69, 9.17) is 0 Å². The van der Waals surface area contributed by atoms with Crippen LogP contribution in [0.15, 0.2) is 54.6 Å². The maximum Gasteiger partial charge on any atom is 0.0361 e. The van der Waals surface area contributed by atoms with Crippen LogP contribution in [0.5, 0.6) is 0 Å². The molecule has 0 fully saturated rings. The molecule has 0 aliphatic rings. The van der Waals surface area contributed by atoms with Gasteiger partial charge in [0.25, 0.3) is 0 Å². The second-order valence-corrected chi connectivity index (χ2v) is 4.72. The summed E-state index contributed by atoms with van der Waals surface area (Å²) in [6.07, 6.45) is 2.05. The van der Waals surface area contributed by atoms with Crippen LogP contribution in [0.25, 0.3) is 10.8 Å². The standard InChI is InChI=1S/C17H21N/c1-4-13(2)12-17(18-3)16-11-7-9-14-8-5-6-10-15(14)16/h5-11,17-18H,2,4,12H2,1,3H3. The molecule has 0 bridgehead atoms. The Kier molecular flexibility index (Phi) is 4.16. The lowest BCUT2D eigenvalue weighted by atomic mass is 9.94. The Balaban J connectivity index is 2.41. The Morgan fingerprint density at radius 3 is 2.61 bits per heavy atom.